The highest BCUT2D eigenvalue weighted by molar-refractivity contribution is 6.02. The van der Waals surface area contributed by atoms with Gasteiger partial charge in [-0.15, -0.1) is 0 Å². The lowest BCUT2D eigenvalue weighted by Crippen LogP contribution is -2.15. The predicted octanol–water partition coefficient (Wildman–Crippen LogP) is 1.53. The van der Waals surface area contributed by atoms with E-state index in [1.807, 2.05) is 18.2 Å². The number of hydrogen-bond acceptors (Lipinski definition) is 5. The molecule has 0 aromatic heterocycles. The molecule has 1 aliphatic heterocycles. The number of nitrogens with zero attached hydrogens (tertiary/aromatic N) is 2. The maximum Gasteiger partial charge on any atom is 0.194 e. The Balaban J connectivity index is 1.85. The van der Waals surface area contributed by atoms with Gasteiger partial charge in [0.15, 0.2) is 12.9 Å². The molecular weight excluding hydrogens is 220 g/mol. The third-order valence-electron chi connectivity index (χ3n) is 2.46. The molecule has 5 nitrogen and oxygen atoms in total. The quantitative estimate of drug-likeness (QED) is 0.692. The van der Waals surface area contributed by atoms with E-state index in [2.05, 4.69) is 11.2 Å². The van der Waals surface area contributed by atoms with Gasteiger partial charge < -0.3 is 14.3 Å². The summed E-state index contributed by atoms with van der Waals surface area (Å²) in [6.07, 6.45) is 6.52. The summed E-state index contributed by atoms with van der Waals surface area (Å²) in [6.45, 7) is 1.49. The summed E-state index contributed by atoms with van der Waals surface area (Å²) in [5.41, 5.74) is 1.70. The van der Waals surface area contributed by atoms with E-state index >= 15 is 0 Å². The lowest BCUT2D eigenvalue weighted by Gasteiger charge is -2.11. The van der Waals surface area contributed by atoms with Gasteiger partial charge in [-0.05, 0) is 5.57 Å². The van der Waals surface area contributed by atoms with Crippen LogP contribution in [0.25, 0.3) is 0 Å². The summed E-state index contributed by atoms with van der Waals surface area (Å²) in [5.74, 6) is 0. The Morgan fingerprint density at radius 2 is 2.29 bits per heavy atom. The number of oxime groups is 1. The van der Waals surface area contributed by atoms with Gasteiger partial charge in [0, 0.05) is 6.42 Å². The van der Waals surface area contributed by atoms with Crippen molar-refractivity contribution in [2.75, 3.05) is 19.8 Å². The van der Waals surface area contributed by atoms with Crippen molar-refractivity contribution in [2.45, 2.75) is 19.1 Å². The largest absolute Gasteiger partial charge is 0.390 e. The van der Waals surface area contributed by atoms with Crippen molar-refractivity contribution in [3.8, 4) is 6.07 Å². The topological polar surface area (TPSA) is 63.8 Å². The fourth-order valence-corrected chi connectivity index (χ4v) is 1.61. The van der Waals surface area contributed by atoms with Crippen LogP contribution in [0.3, 0.4) is 0 Å². The first kappa shape index (κ1) is 11.8. The molecular formula is C12H14N2O3. The molecule has 0 amide bonds. The Bertz CT molecular complexity index is 387. The third kappa shape index (κ3) is 3.41. The van der Waals surface area contributed by atoms with Crippen LogP contribution in [0.2, 0.25) is 0 Å². The highest BCUT2D eigenvalue weighted by Crippen LogP contribution is 2.13. The minimum atomic E-state index is -0.318. The summed E-state index contributed by atoms with van der Waals surface area (Å²) >= 11 is 0. The van der Waals surface area contributed by atoms with Crippen molar-refractivity contribution in [3.63, 3.8) is 0 Å². The Morgan fingerprint density at radius 1 is 1.47 bits per heavy atom. The average molecular weight is 234 g/mol. The van der Waals surface area contributed by atoms with E-state index in [4.69, 9.17) is 19.6 Å². The van der Waals surface area contributed by atoms with Gasteiger partial charge in [-0.1, -0.05) is 23.4 Å². The Kier molecular flexibility index (Phi) is 4.30. The molecule has 0 unspecified atom stereocenters. The molecule has 0 saturated carbocycles. The van der Waals surface area contributed by atoms with E-state index in [0.29, 0.717) is 26.1 Å². The van der Waals surface area contributed by atoms with Crippen LogP contribution in [-0.4, -0.2) is 31.8 Å². The minimum absolute atomic E-state index is 0.285. The van der Waals surface area contributed by atoms with E-state index in [1.165, 1.54) is 0 Å². The Morgan fingerprint density at radius 3 is 3.06 bits per heavy atom. The van der Waals surface area contributed by atoms with E-state index in [0.717, 1.165) is 11.3 Å². The fraction of sp³-hybridized carbons (Fsp3) is 0.500. The summed E-state index contributed by atoms with van der Waals surface area (Å²) in [4.78, 5) is 5.19. The zero-order valence-electron chi connectivity index (χ0n) is 9.46. The highest BCUT2D eigenvalue weighted by atomic mass is 16.7. The zero-order chi connectivity index (χ0) is 11.9. The molecule has 90 valence electrons. The molecule has 0 bridgehead atoms. The van der Waals surface area contributed by atoms with Gasteiger partial charge in [-0.3, -0.25) is 0 Å². The normalized spacial score (nSPS) is 22.5. The maximum atomic E-state index is 8.68. The van der Waals surface area contributed by atoms with Crippen molar-refractivity contribution < 1.29 is 14.3 Å². The van der Waals surface area contributed by atoms with Crippen LogP contribution in [0.15, 0.2) is 29.0 Å². The molecule has 0 aromatic rings. The second kappa shape index (κ2) is 6.18. The molecule has 0 N–H and O–H groups in total. The summed E-state index contributed by atoms with van der Waals surface area (Å²) in [5, 5.41) is 12.7. The molecule has 1 fully saturated rings. The first-order chi connectivity index (χ1) is 8.40. The van der Waals surface area contributed by atoms with Crippen LogP contribution in [0.1, 0.15) is 12.8 Å². The van der Waals surface area contributed by atoms with Crippen LogP contribution >= 0.6 is 0 Å². The van der Waals surface area contributed by atoms with E-state index in [1.54, 1.807) is 0 Å². The van der Waals surface area contributed by atoms with Crippen LogP contribution in [0.5, 0.6) is 0 Å². The van der Waals surface area contributed by atoms with Crippen LogP contribution in [0.4, 0.5) is 0 Å². The smallest absolute Gasteiger partial charge is 0.194 e. The van der Waals surface area contributed by atoms with Gasteiger partial charge in [0.1, 0.15) is 0 Å². The van der Waals surface area contributed by atoms with Gasteiger partial charge in [0.25, 0.3) is 0 Å². The summed E-state index contributed by atoms with van der Waals surface area (Å²) < 4.78 is 10.4. The van der Waals surface area contributed by atoms with E-state index < -0.39 is 0 Å². The third-order valence-corrected chi connectivity index (χ3v) is 2.46. The maximum absolute atomic E-state index is 8.68. The number of ether oxygens (including phenoxy) is 2. The predicted molar refractivity (Wildman–Crippen MR) is 61.1 cm³/mol. The van der Waals surface area contributed by atoms with Crippen molar-refractivity contribution in [1.82, 2.24) is 0 Å². The van der Waals surface area contributed by atoms with E-state index in [9.17, 15) is 0 Å². The van der Waals surface area contributed by atoms with Crippen molar-refractivity contribution >= 4 is 5.71 Å². The highest BCUT2D eigenvalue weighted by Gasteiger charge is 2.16. The first-order valence-corrected chi connectivity index (χ1v) is 5.55. The lowest BCUT2D eigenvalue weighted by atomic mass is 10.0. The molecule has 0 atom stereocenters. The summed E-state index contributed by atoms with van der Waals surface area (Å²) in [7, 11) is 0. The average Bonchev–Trinajstić information content (AvgIpc) is 2.85. The second-order valence-corrected chi connectivity index (χ2v) is 3.66. The molecule has 0 spiro atoms. The van der Waals surface area contributed by atoms with Crippen molar-refractivity contribution in [3.05, 3.63) is 23.8 Å². The molecule has 17 heavy (non-hydrogen) atoms. The molecule has 1 saturated heterocycles. The molecule has 5 heteroatoms. The first-order valence-electron chi connectivity index (χ1n) is 5.55. The number of rotatable bonds is 4. The van der Waals surface area contributed by atoms with Gasteiger partial charge >= 0.3 is 0 Å². The molecule has 1 aliphatic carbocycles. The van der Waals surface area contributed by atoms with Gasteiger partial charge in [0.2, 0.25) is 0 Å². The summed E-state index contributed by atoms with van der Waals surface area (Å²) in [6, 6.07) is 2.11. The fourth-order valence-electron chi connectivity index (χ4n) is 1.61. The van der Waals surface area contributed by atoms with Gasteiger partial charge in [-0.25, -0.2) is 0 Å². The van der Waals surface area contributed by atoms with Crippen molar-refractivity contribution in [2.24, 2.45) is 5.16 Å². The number of hydrogen-bond donors (Lipinski definition) is 0. The zero-order valence-corrected chi connectivity index (χ0v) is 9.46. The Hall–Kier alpha value is -1.64. The standard InChI is InChI=1S/C12H14N2O3/c13-6-5-10-3-1-2-4-11(10)14-17-9-12-15-7-8-16-12/h1-3,12H,4-5,7-9H2/b14-11-. The minimum Gasteiger partial charge on any atom is -0.390 e. The number of nitriles is 1. The Labute approximate surface area is 99.9 Å². The van der Waals surface area contributed by atoms with Gasteiger partial charge in [0.05, 0.1) is 31.4 Å². The van der Waals surface area contributed by atoms with Crippen LogP contribution in [0, 0.1) is 11.3 Å². The molecule has 0 aromatic carbocycles. The second-order valence-electron chi connectivity index (χ2n) is 3.66. The SMILES string of the molecule is N#CCC1=CC=CC/C1=N/OCC1OCCO1. The molecule has 0 radical (unpaired) electrons. The lowest BCUT2D eigenvalue weighted by molar-refractivity contribution is -0.0935. The molecule has 2 aliphatic rings. The number of allylic oxidation sites excluding steroid dienone is 4. The van der Waals surface area contributed by atoms with Crippen LogP contribution in [-0.2, 0) is 14.3 Å². The monoisotopic (exact) mass is 234 g/mol. The van der Waals surface area contributed by atoms with Gasteiger partial charge in [-0.2, -0.15) is 5.26 Å². The molecule has 1 heterocycles. The van der Waals surface area contributed by atoms with Crippen LogP contribution < -0.4 is 0 Å². The molecule has 2 rings (SSSR count). The van der Waals surface area contributed by atoms with E-state index in [-0.39, 0.29) is 12.9 Å². The van der Waals surface area contributed by atoms with Crippen molar-refractivity contribution in [1.29, 1.82) is 5.26 Å².